The van der Waals surface area contributed by atoms with Gasteiger partial charge in [0.1, 0.15) is 23.0 Å². The molecule has 7 nitrogen and oxygen atoms in total. The van der Waals surface area contributed by atoms with Crippen LogP contribution in [0.5, 0.6) is 17.2 Å². The Labute approximate surface area is 220 Å². The van der Waals surface area contributed by atoms with Crippen LogP contribution in [0.4, 0.5) is 5.69 Å². The van der Waals surface area contributed by atoms with E-state index < -0.39 is 23.5 Å². The van der Waals surface area contributed by atoms with Crippen LogP contribution in [0.2, 0.25) is 5.02 Å². The summed E-state index contributed by atoms with van der Waals surface area (Å²) in [6.45, 7) is 4.75. The summed E-state index contributed by atoms with van der Waals surface area (Å²) in [7, 11) is 1.53. The van der Waals surface area contributed by atoms with E-state index in [-0.39, 0.29) is 16.2 Å². The number of hydrogen-bond donors (Lipinski definition) is 1. The molecule has 1 atom stereocenters. The molecule has 0 aromatic heterocycles. The van der Waals surface area contributed by atoms with Crippen molar-refractivity contribution in [1.82, 2.24) is 0 Å². The van der Waals surface area contributed by atoms with Gasteiger partial charge in [-0.05, 0) is 61.4 Å². The lowest BCUT2D eigenvalue weighted by molar-refractivity contribution is -0.132. The van der Waals surface area contributed by atoms with Gasteiger partial charge in [-0.1, -0.05) is 36.7 Å². The molecule has 1 N–H and O–H groups in total. The number of aliphatic hydroxyl groups excluding tert-OH is 1. The van der Waals surface area contributed by atoms with E-state index >= 15 is 0 Å². The third-order valence-corrected chi connectivity index (χ3v) is 6.26. The monoisotopic (exact) mass is 521 g/mol. The van der Waals surface area contributed by atoms with Crippen LogP contribution in [-0.2, 0) is 9.59 Å². The molecule has 0 aliphatic carbocycles. The summed E-state index contributed by atoms with van der Waals surface area (Å²) in [5.41, 5.74) is 1.14. The zero-order valence-corrected chi connectivity index (χ0v) is 21.6. The number of halogens is 1. The first-order chi connectivity index (χ1) is 17.9. The molecular formula is C29H28ClNO6. The van der Waals surface area contributed by atoms with Gasteiger partial charge < -0.3 is 19.3 Å². The number of Topliss-reactive ketones (excluding diaryl/α,β-unsaturated/α-hetero) is 1. The van der Waals surface area contributed by atoms with Gasteiger partial charge in [0, 0.05) is 17.3 Å². The van der Waals surface area contributed by atoms with Gasteiger partial charge in [0.2, 0.25) is 0 Å². The number of carbonyl (C=O) groups excluding carboxylic acids is 2. The molecule has 0 spiro atoms. The largest absolute Gasteiger partial charge is 0.507 e. The van der Waals surface area contributed by atoms with E-state index in [1.54, 1.807) is 66.7 Å². The van der Waals surface area contributed by atoms with E-state index in [2.05, 4.69) is 0 Å². The molecule has 1 unspecified atom stereocenters. The molecule has 1 saturated heterocycles. The van der Waals surface area contributed by atoms with E-state index in [1.165, 1.54) is 12.0 Å². The Balaban J connectivity index is 1.93. The Morgan fingerprint density at radius 2 is 1.68 bits per heavy atom. The van der Waals surface area contributed by atoms with Crippen molar-refractivity contribution in [2.45, 2.75) is 26.3 Å². The third kappa shape index (κ3) is 5.27. The van der Waals surface area contributed by atoms with Gasteiger partial charge >= 0.3 is 0 Å². The second-order valence-corrected chi connectivity index (χ2v) is 8.77. The second-order valence-electron chi connectivity index (χ2n) is 8.37. The molecule has 1 fully saturated rings. The molecule has 1 aliphatic heterocycles. The summed E-state index contributed by atoms with van der Waals surface area (Å²) in [5.74, 6) is -0.417. The summed E-state index contributed by atoms with van der Waals surface area (Å²) in [6.07, 6.45) is 0.820. The smallest absolute Gasteiger partial charge is 0.300 e. The third-order valence-electron chi connectivity index (χ3n) is 5.93. The number of benzene rings is 3. The van der Waals surface area contributed by atoms with Gasteiger partial charge in [-0.3, -0.25) is 14.5 Å². The minimum atomic E-state index is -0.941. The summed E-state index contributed by atoms with van der Waals surface area (Å²) >= 11 is 6.42. The van der Waals surface area contributed by atoms with Gasteiger partial charge in [0.25, 0.3) is 11.7 Å². The van der Waals surface area contributed by atoms with E-state index in [9.17, 15) is 14.7 Å². The molecule has 37 heavy (non-hydrogen) atoms. The molecule has 0 radical (unpaired) electrons. The number of amides is 1. The Kier molecular flexibility index (Phi) is 8.04. The maximum Gasteiger partial charge on any atom is 0.300 e. The fraction of sp³-hybridized carbons (Fsp3) is 0.241. The highest BCUT2D eigenvalue weighted by Crippen LogP contribution is 2.44. The predicted molar refractivity (Wildman–Crippen MR) is 143 cm³/mol. The van der Waals surface area contributed by atoms with Crippen molar-refractivity contribution in [3.05, 3.63) is 88.5 Å². The second kappa shape index (κ2) is 11.4. The lowest BCUT2D eigenvalue weighted by atomic mass is 9.95. The highest BCUT2D eigenvalue weighted by atomic mass is 35.5. The van der Waals surface area contributed by atoms with Crippen molar-refractivity contribution in [1.29, 1.82) is 0 Å². The van der Waals surface area contributed by atoms with Crippen molar-refractivity contribution < 1.29 is 28.9 Å². The molecule has 1 heterocycles. The highest BCUT2D eigenvalue weighted by molar-refractivity contribution is 6.52. The van der Waals surface area contributed by atoms with Gasteiger partial charge in [0.15, 0.2) is 0 Å². The molecule has 192 valence electrons. The molecule has 1 aliphatic rings. The topological polar surface area (TPSA) is 85.3 Å². The Morgan fingerprint density at radius 1 is 0.946 bits per heavy atom. The van der Waals surface area contributed by atoms with Crippen molar-refractivity contribution in [3.8, 4) is 17.2 Å². The van der Waals surface area contributed by atoms with Crippen LogP contribution in [0.3, 0.4) is 0 Å². The van der Waals surface area contributed by atoms with Crippen LogP contribution in [0, 0.1) is 0 Å². The lowest BCUT2D eigenvalue weighted by Gasteiger charge is -2.26. The maximum absolute atomic E-state index is 13.5. The van der Waals surface area contributed by atoms with Gasteiger partial charge in [-0.25, -0.2) is 0 Å². The summed E-state index contributed by atoms with van der Waals surface area (Å²) in [5, 5.41) is 11.7. The number of methoxy groups -OCH3 is 1. The standard InChI is InChI=1S/C29H28ClNO6/c1-4-14-37-21-11-7-9-19(16-21)31-26(18-8-6-10-20(15-18)35-3)25(28(33)29(31)34)27(32)23-17-22(36-5-2)12-13-24(23)30/h6-13,15-17,26,32H,4-5,14H2,1-3H3/b27-25+. The molecule has 0 saturated carbocycles. The molecule has 3 aromatic carbocycles. The molecular weight excluding hydrogens is 494 g/mol. The number of anilines is 1. The van der Waals surface area contributed by atoms with E-state index in [4.69, 9.17) is 25.8 Å². The van der Waals surface area contributed by atoms with Gasteiger partial charge in [-0.2, -0.15) is 0 Å². The number of carbonyl (C=O) groups is 2. The Hall–Kier alpha value is -3.97. The number of hydrogen-bond acceptors (Lipinski definition) is 6. The molecule has 4 rings (SSSR count). The van der Waals surface area contributed by atoms with Gasteiger partial charge in [-0.15, -0.1) is 0 Å². The Bertz CT molecular complexity index is 1350. The van der Waals surface area contributed by atoms with E-state index in [1.807, 2.05) is 13.8 Å². The Morgan fingerprint density at radius 3 is 2.41 bits per heavy atom. The van der Waals surface area contributed by atoms with Crippen molar-refractivity contribution >= 4 is 34.7 Å². The van der Waals surface area contributed by atoms with Crippen molar-refractivity contribution in [2.24, 2.45) is 0 Å². The molecule has 8 heteroatoms. The van der Waals surface area contributed by atoms with Crippen LogP contribution in [0.25, 0.3) is 5.76 Å². The van der Waals surface area contributed by atoms with Crippen molar-refractivity contribution in [2.75, 3.05) is 25.2 Å². The molecule has 1 amide bonds. The quantitative estimate of drug-likeness (QED) is 0.206. The molecule has 0 bridgehead atoms. The zero-order chi connectivity index (χ0) is 26.5. The maximum atomic E-state index is 13.5. The number of ketones is 1. The number of nitrogens with zero attached hydrogens (tertiary/aromatic N) is 1. The van der Waals surface area contributed by atoms with E-state index in [0.717, 1.165) is 6.42 Å². The van der Waals surface area contributed by atoms with E-state index in [0.29, 0.717) is 41.7 Å². The van der Waals surface area contributed by atoms with Crippen LogP contribution in [0.15, 0.2) is 72.3 Å². The lowest BCUT2D eigenvalue weighted by Crippen LogP contribution is -2.29. The van der Waals surface area contributed by atoms with Gasteiger partial charge in [0.05, 0.1) is 37.0 Å². The SMILES string of the molecule is CCCOc1cccc(N2C(=O)C(=O)/C(=C(/O)c3cc(OCC)ccc3Cl)C2c2cccc(OC)c2)c1. The van der Waals surface area contributed by atoms with Crippen molar-refractivity contribution in [3.63, 3.8) is 0 Å². The minimum absolute atomic E-state index is 0.0892. The average Bonchev–Trinajstić information content (AvgIpc) is 3.18. The fourth-order valence-corrected chi connectivity index (χ4v) is 4.46. The van der Waals surface area contributed by atoms with Crippen LogP contribution < -0.4 is 19.1 Å². The predicted octanol–water partition coefficient (Wildman–Crippen LogP) is 6.16. The summed E-state index contributed by atoms with van der Waals surface area (Å²) in [4.78, 5) is 28.3. The first-order valence-electron chi connectivity index (χ1n) is 12.0. The van der Waals surface area contributed by atoms with Crippen LogP contribution in [-0.4, -0.2) is 37.1 Å². The minimum Gasteiger partial charge on any atom is -0.507 e. The number of ether oxygens (including phenoxy) is 3. The number of aliphatic hydroxyl groups is 1. The van der Waals surface area contributed by atoms with Crippen LogP contribution in [0.1, 0.15) is 37.4 Å². The average molecular weight is 522 g/mol. The first-order valence-corrected chi connectivity index (χ1v) is 12.4. The normalized spacial score (nSPS) is 16.6. The first kappa shape index (κ1) is 26.1. The zero-order valence-electron chi connectivity index (χ0n) is 20.9. The van der Waals surface area contributed by atoms with Crippen LogP contribution >= 0.6 is 11.6 Å². The molecule has 3 aromatic rings. The summed E-state index contributed by atoms with van der Waals surface area (Å²) in [6, 6.07) is 17.8. The number of rotatable bonds is 9. The summed E-state index contributed by atoms with van der Waals surface area (Å²) < 4.78 is 16.7. The fourth-order valence-electron chi connectivity index (χ4n) is 4.26. The highest BCUT2D eigenvalue weighted by Gasteiger charge is 2.47.